The van der Waals surface area contributed by atoms with Crippen molar-refractivity contribution in [3.05, 3.63) is 0 Å². The van der Waals surface area contributed by atoms with Gasteiger partial charge < -0.3 is 10.6 Å². The van der Waals surface area contributed by atoms with Crippen molar-refractivity contribution in [2.75, 3.05) is 7.05 Å². The first-order valence-electron chi connectivity index (χ1n) is 5.24. The summed E-state index contributed by atoms with van der Waals surface area (Å²) in [6, 6.07) is 1.40. The summed E-state index contributed by atoms with van der Waals surface area (Å²) in [5, 5.41) is 6.28. The Labute approximate surface area is 79.3 Å². The highest BCUT2D eigenvalue weighted by molar-refractivity contribution is 5.75. The van der Waals surface area contributed by atoms with Crippen LogP contribution in [0.5, 0.6) is 0 Å². The average Bonchev–Trinajstić information content (AvgIpc) is 2.46. The van der Waals surface area contributed by atoms with Crippen LogP contribution in [-0.2, 0) is 4.79 Å². The molecule has 2 aliphatic rings. The van der Waals surface area contributed by atoms with Crippen LogP contribution < -0.4 is 10.6 Å². The van der Waals surface area contributed by atoms with Crippen molar-refractivity contribution in [1.82, 2.24) is 10.6 Å². The topological polar surface area (TPSA) is 41.1 Å². The third-order valence-electron chi connectivity index (χ3n) is 3.32. The smallest absolute Gasteiger partial charge is 0.220 e. The van der Waals surface area contributed by atoms with Gasteiger partial charge in [-0.15, -0.1) is 0 Å². The molecule has 0 aromatic rings. The second-order valence-electron chi connectivity index (χ2n) is 4.35. The van der Waals surface area contributed by atoms with Gasteiger partial charge in [0.2, 0.25) is 5.91 Å². The van der Waals surface area contributed by atoms with Gasteiger partial charge in [-0.1, -0.05) is 0 Å². The number of hydrogen-bond acceptors (Lipinski definition) is 2. The molecule has 2 atom stereocenters. The predicted molar refractivity (Wildman–Crippen MR) is 51.4 cm³/mol. The minimum atomic E-state index is 0.200. The Morgan fingerprint density at radius 1 is 1.38 bits per heavy atom. The Morgan fingerprint density at radius 2 is 2.00 bits per heavy atom. The van der Waals surface area contributed by atoms with Crippen LogP contribution in [0.1, 0.15) is 32.1 Å². The lowest BCUT2D eigenvalue weighted by molar-refractivity contribution is -0.121. The third kappa shape index (κ3) is 2.02. The van der Waals surface area contributed by atoms with Crippen LogP contribution in [0, 0.1) is 5.92 Å². The molecule has 2 heterocycles. The van der Waals surface area contributed by atoms with Crippen LogP contribution in [0.25, 0.3) is 0 Å². The molecular formula is C10H18N2O. The van der Waals surface area contributed by atoms with E-state index in [-0.39, 0.29) is 5.91 Å². The van der Waals surface area contributed by atoms with Gasteiger partial charge in [-0.2, -0.15) is 0 Å². The monoisotopic (exact) mass is 182 g/mol. The molecule has 0 radical (unpaired) electrons. The zero-order chi connectivity index (χ0) is 9.26. The van der Waals surface area contributed by atoms with Crippen molar-refractivity contribution in [3.8, 4) is 0 Å². The number of rotatable bonds is 2. The summed E-state index contributed by atoms with van der Waals surface area (Å²) in [4.78, 5) is 11.2. The molecule has 2 aliphatic heterocycles. The van der Waals surface area contributed by atoms with E-state index in [1.54, 1.807) is 7.05 Å². The molecule has 2 unspecified atom stereocenters. The van der Waals surface area contributed by atoms with Gasteiger partial charge in [0.15, 0.2) is 0 Å². The van der Waals surface area contributed by atoms with Crippen LogP contribution in [0.2, 0.25) is 0 Å². The number of carbonyl (C=O) groups is 1. The van der Waals surface area contributed by atoms with Crippen LogP contribution in [0.3, 0.4) is 0 Å². The fourth-order valence-electron chi connectivity index (χ4n) is 2.71. The maximum atomic E-state index is 11.2. The summed E-state index contributed by atoms with van der Waals surface area (Å²) in [5.41, 5.74) is 0. The summed E-state index contributed by atoms with van der Waals surface area (Å²) in [7, 11) is 1.72. The molecule has 2 saturated heterocycles. The Bertz CT molecular complexity index is 193. The SMILES string of the molecule is CNC(=O)CC1CC2CCC(C1)N2. The maximum absolute atomic E-state index is 11.2. The Hall–Kier alpha value is -0.570. The lowest BCUT2D eigenvalue weighted by atomic mass is 9.89. The molecule has 0 aromatic carbocycles. The summed E-state index contributed by atoms with van der Waals surface area (Å²) < 4.78 is 0. The van der Waals surface area contributed by atoms with E-state index in [1.165, 1.54) is 25.7 Å². The van der Waals surface area contributed by atoms with Crippen molar-refractivity contribution >= 4 is 5.91 Å². The van der Waals surface area contributed by atoms with Gasteiger partial charge in [-0.3, -0.25) is 4.79 Å². The molecule has 0 aliphatic carbocycles. The number of fused-ring (bicyclic) bond motifs is 2. The molecule has 3 heteroatoms. The van der Waals surface area contributed by atoms with E-state index in [9.17, 15) is 4.79 Å². The Balaban J connectivity index is 1.85. The summed E-state index contributed by atoms with van der Waals surface area (Å²) in [6.45, 7) is 0. The largest absolute Gasteiger partial charge is 0.359 e. The standard InChI is InChI=1S/C10H18N2O/c1-11-10(13)6-7-4-8-2-3-9(5-7)12-8/h7-9,12H,2-6H2,1H3,(H,11,13). The highest BCUT2D eigenvalue weighted by Crippen LogP contribution is 2.32. The minimum absolute atomic E-state index is 0.200. The maximum Gasteiger partial charge on any atom is 0.220 e. The van der Waals surface area contributed by atoms with E-state index in [0.717, 1.165) is 6.42 Å². The van der Waals surface area contributed by atoms with E-state index in [0.29, 0.717) is 18.0 Å². The fraction of sp³-hybridized carbons (Fsp3) is 0.900. The lowest BCUT2D eigenvalue weighted by Crippen LogP contribution is -2.39. The van der Waals surface area contributed by atoms with Crippen LogP contribution >= 0.6 is 0 Å². The van der Waals surface area contributed by atoms with Crippen molar-refractivity contribution in [2.24, 2.45) is 5.92 Å². The van der Waals surface area contributed by atoms with Crippen molar-refractivity contribution in [2.45, 2.75) is 44.2 Å². The number of piperidine rings is 1. The Kier molecular flexibility index (Phi) is 2.54. The van der Waals surface area contributed by atoms with Crippen LogP contribution in [0.4, 0.5) is 0 Å². The third-order valence-corrected chi connectivity index (χ3v) is 3.32. The number of carbonyl (C=O) groups excluding carboxylic acids is 1. The first kappa shape index (κ1) is 9.00. The summed E-state index contributed by atoms with van der Waals surface area (Å²) in [6.07, 6.45) is 5.75. The number of nitrogens with one attached hydrogen (secondary N) is 2. The lowest BCUT2D eigenvalue weighted by Gasteiger charge is -2.28. The quantitative estimate of drug-likeness (QED) is 0.658. The van der Waals surface area contributed by atoms with E-state index >= 15 is 0 Å². The van der Waals surface area contributed by atoms with Gasteiger partial charge in [0.1, 0.15) is 0 Å². The van der Waals surface area contributed by atoms with Gasteiger partial charge in [0.05, 0.1) is 0 Å². The number of amides is 1. The van der Waals surface area contributed by atoms with Gasteiger partial charge in [0.25, 0.3) is 0 Å². The van der Waals surface area contributed by atoms with E-state index in [2.05, 4.69) is 10.6 Å². The van der Waals surface area contributed by atoms with Crippen LogP contribution in [-0.4, -0.2) is 25.0 Å². The second-order valence-corrected chi connectivity index (χ2v) is 4.35. The zero-order valence-corrected chi connectivity index (χ0v) is 8.18. The van der Waals surface area contributed by atoms with E-state index < -0.39 is 0 Å². The van der Waals surface area contributed by atoms with Crippen molar-refractivity contribution < 1.29 is 4.79 Å². The molecule has 1 amide bonds. The van der Waals surface area contributed by atoms with Gasteiger partial charge in [0, 0.05) is 25.6 Å². The highest BCUT2D eigenvalue weighted by Gasteiger charge is 2.33. The minimum Gasteiger partial charge on any atom is -0.359 e. The van der Waals surface area contributed by atoms with Gasteiger partial charge in [-0.05, 0) is 31.6 Å². The molecule has 3 nitrogen and oxygen atoms in total. The predicted octanol–water partition coefficient (Wildman–Crippen LogP) is 0.653. The van der Waals surface area contributed by atoms with E-state index in [1.807, 2.05) is 0 Å². The van der Waals surface area contributed by atoms with Crippen molar-refractivity contribution in [1.29, 1.82) is 0 Å². The molecule has 2 rings (SSSR count). The fourth-order valence-corrected chi connectivity index (χ4v) is 2.71. The molecule has 0 aromatic heterocycles. The first-order chi connectivity index (χ1) is 6.28. The number of hydrogen-bond donors (Lipinski definition) is 2. The zero-order valence-electron chi connectivity index (χ0n) is 8.18. The molecule has 2 bridgehead atoms. The molecule has 0 spiro atoms. The second kappa shape index (κ2) is 3.66. The van der Waals surface area contributed by atoms with Gasteiger partial charge >= 0.3 is 0 Å². The highest BCUT2D eigenvalue weighted by atomic mass is 16.1. The summed E-state index contributed by atoms with van der Waals surface area (Å²) in [5.74, 6) is 0.824. The molecule has 13 heavy (non-hydrogen) atoms. The Morgan fingerprint density at radius 3 is 2.54 bits per heavy atom. The van der Waals surface area contributed by atoms with E-state index in [4.69, 9.17) is 0 Å². The molecule has 0 saturated carbocycles. The van der Waals surface area contributed by atoms with Gasteiger partial charge in [-0.25, -0.2) is 0 Å². The summed E-state index contributed by atoms with van der Waals surface area (Å²) >= 11 is 0. The first-order valence-corrected chi connectivity index (χ1v) is 5.24. The molecule has 2 fully saturated rings. The average molecular weight is 182 g/mol. The molecular weight excluding hydrogens is 164 g/mol. The van der Waals surface area contributed by atoms with Crippen molar-refractivity contribution in [3.63, 3.8) is 0 Å². The molecule has 74 valence electrons. The van der Waals surface area contributed by atoms with Crippen LogP contribution in [0.15, 0.2) is 0 Å². The molecule has 2 N–H and O–H groups in total. The normalized spacial score (nSPS) is 37.5.